The number of H-pyrrole nitrogens is 1. The molecule has 0 saturated heterocycles. The van der Waals surface area contributed by atoms with Gasteiger partial charge in [0.1, 0.15) is 10.5 Å². The van der Waals surface area contributed by atoms with E-state index >= 15 is 0 Å². The zero-order valence-electron chi connectivity index (χ0n) is 16.1. The Morgan fingerprint density at radius 2 is 1.79 bits per heavy atom. The highest BCUT2D eigenvalue weighted by Crippen LogP contribution is 2.17. The van der Waals surface area contributed by atoms with Gasteiger partial charge in [0.15, 0.2) is 0 Å². The molecule has 1 amide bonds. The fraction of sp³-hybridized carbons (Fsp3) is 0.174. The van der Waals surface area contributed by atoms with Crippen LogP contribution in [0.1, 0.15) is 27.3 Å². The van der Waals surface area contributed by atoms with Crippen LogP contribution in [0, 0.1) is 0 Å². The minimum absolute atomic E-state index is 0.0817. The lowest BCUT2D eigenvalue weighted by Crippen LogP contribution is -2.29. The first-order valence-electron chi connectivity index (χ1n) is 9.45. The number of benzene rings is 2. The molecule has 0 aliphatic carbocycles. The molecule has 5 nitrogen and oxygen atoms in total. The predicted molar refractivity (Wildman–Crippen MR) is 116 cm³/mol. The van der Waals surface area contributed by atoms with Crippen molar-refractivity contribution < 1.29 is 4.79 Å². The van der Waals surface area contributed by atoms with Crippen LogP contribution in [0.2, 0.25) is 0 Å². The van der Waals surface area contributed by atoms with Gasteiger partial charge in [-0.3, -0.25) is 9.59 Å². The number of carbonyl (C=O) groups excluding carboxylic acids is 1. The van der Waals surface area contributed by atoms with Crippen molar-refractivity contribution in [3.05, 3.63) is 98.9 Å². The Kier molecular flexibility index (Phi) is 5.53. The van der Waals surface area contributed by atoms with Gasteiger partial charge >= 0.3 is 0 Å². The lowest BCUT2D eigenvalue weighted by molar-refractivity contribution is 0.0780. The highest BCUT2D eigenvalue weighted by molar-refractivity contribution is 7.17. The smallest absolute Gasteiger partial charge is 0.268 e. The molecule has 2 aromatic carbocycles. The summed E-state index contributed by atoms with van der Waals surface area (Å²) in [6.45, 7) is 0.243. The van der Waals surface area contributed by atoms with Gasteiger partial charge in [-0.25, -0.2) is 4.98 Å². The molecular formula is C23H21N3O2S. The molecule has 0 fully saturated rings. The zero-order valence-corrected chi connectivity index (χ0v) is 16.9. The summed E-state index contributed by atoms with van der Waals surface area (Å²) in [6.07, 6.45) is 1.66. The Hall–Kier alpha value is -3.25. The molecule has 0 aliphatic rings. The van der Waals surface area contributed by atoms with Gasteiger partial charge in [-0.1, -0.05) is 48.5 Å². The van der Waals surface area contributed by atoms with Crippen molar-refractivity contribution in [3.63, 3.8) is 0 Å². The summed E-state index contributed by atoms with van der Waals surface area (Å²) in [5.41, 5.74) is 3.45. The van der Waals surface area contributed by atoms with Crippen LogP contribution < -0.4 is 5.56 Å². The van der Waals surface area contributed by atoms with Crippen molar-refractivity contribution in [1.82, 2.24) is 14.9 Å². The third kappa shape index (κ3) is 4.27. The Bertz CT molecular complexity index is 1200. The number of nitrogens with zero attached hydrogens (tertiary/aromatic N) is 2. The maximum Gasteiger partial charge on any atom is 0.268 e. The number of carbonyl (C=O) groups is 1. The largest absolute Gasteiger partial charge is 0.334 e. The number of thiophene rings is 1. The van der Waals surface area contributed by atoms with E-state index in [1.165, 1.54) is 16.9 Å². The quantitative estimate of drug-likeness (QED) is 0.528. The molecule has 0 saturated carbocycles. The van der Waals surface area contributed by atoms with Crippen LogP contribution in [-0.4, -0.2) is 27.8 Å². The Morgan fingerprint density at radius 1 is 1.03 bits per heavy atom. The number of fused-ring (bicyclic) bond motifs is 1. The summed E-state index contributed by atoms with van der Waals surface area (Å²) >= 11 is 1.36. The first kappa shape index (κ1) is 19.1. The summed E-state index contributed by atoms with van der Waals surface area (Å²) in [6, 6.07) is 19.8. The van der Waals surface area contributed by atoms with E-state index in [4.69, 9.17) is 0 Å². The van der Waals surface area contributed by atoms with E-state index in [2.05, 4.69) is 22.1 Å². The molecular weight excluding hydrogens is 382 g/mol. The monoisotopic (exact) mass is 403 g/mol. The highest BCUT2D eigenvalue weighted by atomic mass is 32.1. The summed E-state index contributed by atoms with van der Waals surface area (Å²) in [7, 11) is 1.73. The second kappa shape index (κ2) is 8.41. The Balaban J connectivity index is 1.51. The highest BCUT2D eigenvalue weighted by Gasteiger charge is 2.17. The lowest BCUT2D eigenvalue weighted by atomic mass is 9.99. The number of hydrogen-bond acceptors (Lipinski definition) is 4. The number of amides is 1. The van der Waals surface area contributed by atoms with Crippen LogP contribution in [0.3, 0.4) is 0 Å². The zero-order chi connectivity index (χ0) is 20.2. The molecule has 4 rings (SSSR count). The van der Waals surface area contributed by atoms with Crippen LogP contribution in [0.4, 0.5) is 0 Å². The van der Waals surface area contributed by atoms with E-state index in [1.807, 2.05) is 53.9 Å². The topological polar surface area (TPSA) is 66.1 Å². The summed E-state index contributed by atoms with van der Waals surface area (Å²) in [4.78, 5) is 34.1. The second-order valence-corrected chi connectivity index (χ2v) is 7.87. The van der Waals surface area contributed by atoms with Gasteiger partial charge in [0, 0.05) is 12.6 Å². The van der Waals surface area contributed by atoms with Crippen LogP contribution >= 0.6 is 11.3 Å². The van der Waals surface area contributed by atoms with E-state index in [0.717, 1.165) is 18.4 Å². The second-order valence-electron chi connectivity index (χ2n) is 6.95. The van der Waals surface area contributed by atoms with E-state index in [9.17, 15) is 9.59 Å². The average molecular weight is 404 g/mol. The summed E-state index contributed by atoms with van der Waals surface area (Å²) in [5, 5.41) is 1.84. The van der Waals surface area contributed by atoms with Gasteiger partial charge in [-0.2, -0.15) is 0 Å². The van der Waals surface area contributed by atoms with Crippen molar-refractivity contribution in [1.29, 1.82) is 0 Å². The number of hydrogen-bond donors (Lipinski definition) is 1. The Morgan fingerprint density at radius 3 is 2.62 bits per heavy atom. The van der Waals surface area contributed by atoms with Gasteiger partial charge < -0.3 is 9.88 Å². The van der Waals surface area contributed by atoms with Gasteiger partial charge in [-0.15, -0.1) is 11.3 Å². The molecule has 0 radical (unpaired) electrons. The SMILES string of the molecule is CN(Cc1nc2ccsc2c(=O)[nH]1)C(=O)c1ccccc1CCc1ccccc1. The van der Waals surface area contributed by atoms with Crippen molar-refractivity contribution in [2.75, 3.05) is 7.05 Å². The number of aromatic amines is 1. The maximum absolute atomic E-state index is 13.1. The third-order valence-electron chi connectivity index (χ3n) is 4.87. The van der Waals surface area contributed by atoms with E-state index < -0.39 is 0 Å². The molecule has 0 bridgehead atoms. The standard InChI is InChI=1S/C23H21N3O2S/c1-26(15-20-24-19-13-14-29-21(19)22(27)25-20)23(28)18-10-6-5-9-17(18)12-11-16-7-3-2-4-8-16/h2-10,13-14H,11-12,15H2,1H3,(H,24,25,27). The van der Waals surface area contributed by atoms with Crippen LogP contribution in [0.15, 0.2) is 70.8 Å². The number of rotatable bonds is 6. The summed E-state index contributed by atoms with van der Waals surface area (Å²) in [5.74, 6) is 0.403. The predicted octanol–water partition coefficient (Wildman–Crippen LogP) is 4.04. The van der Waals surface area contributed by atoms with Gasteiger partial charge in [0.25, 0.3) is 11.5 Å². The van der Waals surface area contributed by atoms with Gasteiger partial charge in [0.05, 0.1) is 12.1 Å². The maximum atomic E-state index is 13.1. The van der Waals surface area contributed by atoms with Crippen molar-refractivity contribution in [2.45, 2.75) is 19.4 Å². The average Bonchev–Trinajstić information content (AvgIpc) is 3.22. The minimum atomic E-state index is -0.163. The molecule has 0 aliphatic heterocycles. The summed E-state index contributed by atoms with van der Waals surface area (Å²) < 4.78 is 0.606. The first-order chi connectivity index (χ1) is 14.1. The number of aromatic nitrogens is 2. The van der Waals surface area contributed by atoms with Gasteiger partial charge in [0.2, 0.25) is 0 Å². The van der Waals surface area contributed by atoms with Crippen molar-refractivity contribution >= 4 is 27.5 Å². The number of nitrogens with one attached hydrogen (secondary N) is 1. The Labute approximate surface area is 172 Å². The van der Waals surface area contributed by atoms with Crippen LogP contribution in [0.25, 0.3) is 10.2 Å². The van der Waals surface area contributed by atoms with E-state index in [0.29, 0.717) is 21.6 Å². The molecule has 29 heavy (non-hydrogen) atoms. The normalized spacial score (nSPS) is 10.9. The van der Waals surface area contributed by atoms with Crippen molar-refractivity contribution in [3.8, 4) is 0 Å². The molecule has 2 aromatic heterocycles. The van der Waals surface area contributed by atoms with Crippen LogP contribution in [0.5, 0.6) is 0 Å². The first-order valence-corrected chi connectivity index (χ1v) is 10.3. The van der Waals surface area contributed by atoms with Crippen molar-refractivity contribution in [2.24, 2.45) is 0 Å². The minimum Gasteiger partial charge on any atom is -0.334 e. The molecule has 1 N–H and O–H groups in total. The molecule has 0 spiro atoms. The van der Waals surface area contributed by atoms with E-state index in [1.54, 1.807) is 11.9 Å². The fourth-order valence-electron chi connectivity index (χ4n) is 3.37. The molecule has 146 valence electrons. The molecule has 4 aromatic rings. The molecule has 6 heteroatoms. The van der Waals surface area contributed by atoms with Crippen LogP contribution in [-0.2, 0) is 19.4 Å². The van der Waals surface area contributed by atoms with E-state index in [-0.39, 0.29) is 18.0 Å². The molecule has 2 heterocycles. The number of aryl methyl sites for hydroxylation is 2. The fourth-order valence-corrected chi connectivity index (χ4v) is 4.09. The molecule has 0 atom stereocenters. The molecule has 0 unspecified atom stereocenters. The van der Waals surface area contributed by atoms with Gasteiger partial charge in [-0.05, 0) is 41.5 Å². The third-order valence-corrected chi connectivity index (χ3v) is 5.77. The lowest BCUT2D eigenvalue weighted by Gasteiger charge is -2.18.